The van der Waals surface area contributed by atoms with E-state index in [2.05, 4.69) is 11.9 Å². The van der Waals surface area contributed by atoms with Crippen LogP contribution in [0.15, 0.2) is 12.3 Å². The summed E-state index contributed by atoms with van der Waals surface area (Å²) >= 11 is 0. The highest BCUT2D eigenvalue weighted by molar-refractivity contribution is 5.99. The van der Waals surface area contributed by atoms with E-state index < -0.39 is 0 Å². The van der Waals surface area contributed by atoms with Crippen LogP contribution >= 0.6 is 0 Å². The lowest BCUT2D eigenvalue weighted by atomic mass is 10.1. The Bertz CT molecular complexity index is 441. The summed E-state index contributed by atoms with van der Waals surface area (Å²) in [7, 11) is 0. The number of hydrogen-bond acceptors (Lipinski definition) is 2. The Labute approximate surface area is 89.1 Å². The lowest BCUT2D eigenvalue weighted by Crippen LogP contribution is -2.29. The minimum atomic E-state index is 0.279. The molecule has 15 heavy (non-hydrogen) atoms. The first kappa shape index (κ1) is 8.89. The van der Waals surface area contributed by atoms with Crippen molar-refractivity contribution in [1.82, 2.24) is 4.98 Å². The smallest absolute Gasteiger partial charge is 0.231 e. The van der Waals surface area contributed by atoms with Crippen molar-refractivity contribution >= 4 is 11.7 Å². The predicted molar refractivity (Wildman–Crippen MR) is 57.7 cm³/mol. The highest BCUT2D eigenvalue weighted by Crippen LogP contribution is 2.47. The van der Waals surface area contributed by atoms with Crippen molar-refractivity contribution in [3.05, 3.63) is 23.4 Å². The van der Waals surface area contributed by atoms with E-state index in [1.807, 2.05) is 17.9 Å². The van der Waals surface area contributed by atoms with E-state index in [1.165, 1.54) is 5.56 Å². The van der Waals surface area contributed by atoms with Crippen LogP contribution in [0, 0.1) is 25.7 Å². The first-order valence-corrected chi connectivity index (χ1v) is 5.42. The molecule has 0 unspecified atom stereocenters. The number of anilines is 1. The molecule has 3 rings (SSSR count). The summed E-state index contributed by atoms with van der Waals surface area (Å²) < 4.78 is 0. The van der Waals surface area contributed by atoms with Crippen molar-refractivity contribution in [3.8, 4) is 0 Å². The van der Waals surface area contributed by atoms with Crippen molar-refractivity contribution in [2.45, 2.75) is 20.3 Å². The van der Waals surface area contributed by atoms with Crippen LogP contribution in [-0.4, -0.2) is 17.4 Å². The molecule has 3 nitrogen and oxygen atoms in total. The Morgan fingerprint density at radius 1 is 1.47 bits per heavy atom. The van der Waals surface area contributed by atoms with Crippen LogP contribution in [0.5, 0.6) is 0 Å². The molecular weight excluding hydrogens is 188 g/mol. The molecule has 0 N–H and O–H groups in total. The third-order valence-electron chi connectivity index (χ3n) is 3.63. The number of amides is 1. The maximum atomic E-state index is 11.9. The average Bonchev–Trinajstić information content (AvgIpc) is 2.92. The summed E-state index contributed by atoms with van der Waals surface area (Å²) in [5, 5.41) is 0. The summed E-state index contributed by atoms with van der Waals surface area (Å²) in [6, 6.07) is 1.99. The normalized spacial score (nSPS) is 28.1. The Balaban J connectivity index is 1.99. The minimum Gasteiger partial charge on any atom is -0.296 e. The van der Waals surface area contributed by atoms with Gasteiger partial charge in [0.2, 0.25) is 5.91 Å². The van der Waals surface area contributed by atoms with Gasteiger partial charge in [-0.25, -0.2) is 4.98 Å². The first-order valence-electron chi connectivity index (χ1n) is 5.42. The standard InChI is InChI=1S/C12H14N2O/c1-7-3-4-13-11(8(7)2)14-6-9-5-10(9)12(14)15/h3-4,9-10H,5-6H2,1-2H3/t9-,10-/m1/s1. The van der Waals surface area contributed by atoms with Gasteiger partial charge in [0.15, 0.2) is 0 Å². The lowest BCUT2D eigenvalue weighted by molar-refractivity contribution is -0.118. The summed E-state index contributed by atoms with van der Waals surface area (Å²) in [5.74, 6) is 2.07. The SMILES string of the molecule is Cc1ccnc(N2C[C@H]3C[C@H]3C2=O)c1C. The fourth-order valence-electron chi connectivity index (χ4n) is 2.36. The number of aromatic nitrogens is 1. The number of fused-ring (bicyclic) bond motifs is 1. The Hall–Kier alpha value is -1.38. The number of hydrogen-bond donors (Lipinski definition) is 0. The van der Waals surface area contributed by atoms with Crippen LogP contribution < -0.4 is 4.90 Å². The molecule has 1 aromatic rings. The summed E-state index contributed by atoms with van der Waals surface area (Å²) in [4.78, 5) is 18.1. The second kappa shape index (κ2) is 2.81. The van der Waals surface area contributed by atoms with Gasteiger partial charge >= 0.3 is 0 Å². The highest BCUT2D eigenvalue weighted by atomic mass is 16.2. The molecule has 1 aromatic heterocycles. The van der Waals surface area contributed by atoms with Crippen LogP contribution in [0.3, 0.4) is 0 Å². The largest absolute Gasteiger partial charge is 0.296 e. The maximum Gasteiger partial charge on any atom is 0.231 e. The third-order valence-corrected chi connectivity index (χ3v) is 3.63. The van der Waals surface area contributed by atoms with Crippen LogP contribution in [0.25, 0.3) is 0 Å². The van der Waals surface area contributed by atoms with Gasteiger partial charge < -0.3 is 0 Å². The number of pyridine rings is 1. The second-order valence-electron chi connectivity index (χ2n) is 4.63. The van der Waals surface area contributed by atoms with Gasteiger partial charge in [-0.1, -0.05) is 0 Å². The first-order chi connectivity index (χ1) is 7.18. The number of piperidine rings is 1. The molecule has 0 aromatic carbocycles. The molecule has 1 aliphatic carbocycles. The van der Waals surface area contributed by atoms with Gasteiger partial charge in [0.25, 0.3) is 0 Å². The van der Waals surface area contributed by atoms with E-state index in [0.29, 0.717) is 11.8 Å². The molecule has 1 saturated carbocycles. The highest BCUT2D eigenvalue weighted by Gasteiger charge is 2.53. The number of nitrogens with zero attached hydrogens (tertiary/aromatic N) is 2. The number of aryl methyl sites for hydroxylation is 1. The summed E-state index contributed by atoms with van der Waals surface area (Å²) in [5.41, 5.74) is 2.33. The molecule has 2 aliphatic rings. The molecule has 0 bridgehead atoms. The second-order valence-corrected chi connectivity index (χ2v) is 4.63. The Morgan fingerprint density at radius 3 is 2.93 bits per heavy atom. The van der Waals surface area contributed by atoms with Crippen molar-refractivity contribution in [1.29, 1.82) is 0 Å². The Morgan fingerprint density at radius 2 is 2.27 bits per heavy atom. The van der Waals surface area contributed by atoms with Gasteiger partial charge in [-0.15, -0.1) is 0 Å². The number of rotatable bonds is 1. The summed E-state index contributed by atoms with van der Waals surface area (Å²) in [6.45, 7) is 4.97. The quantitative estimate of drug-likeness (QED) is 0.694. The number of carbonyl (C=O) groups excluding carboxylic acids is 1. The van der Waals surface area contributed by atoms with Gasteiger partial charge in [-0.2, -0.15) is 0 Å². The molecule has 0 radical (unpaired) electrons. The molecule has 2 heterocycles. The lowest BCUT2D eigenvalue weighted by Gasteiger charge is -2.19. The van der Waals surface area contributed by atoms with Crippen molar-refractivity contribution < 1.29 is 4.79 Å². The van der Waals surface area contributed by atoms with E-state index >= 15 is 0 Å². The third kappa shape index (κ3) is 1.19. The van der Waals surface area contributed by atoms with E-state index in [0.717, 1.165) is 24.3 Å². The summed E-state index contributed by atoms with van der Waals surface area (Å²) in [6.07, 6.45) is 2.88. The van der Waals surface area contributed by atoms with Gasteiger partial charge in [0, 0.05) is 18.7 Å². The van der Waals surface area contributed by atoms with E-state index in [1.54, 1.807) is 6.20 Å². The zero-order valence-corrected chi connectivity index (χ0v) is 9.03. The fraction of sp³-hybridized carbons (Fsp3) is 0.500. The zero-order valence-electron chi connectivity index (χ0n) is 9.03. The van der Waals surface area contributed by atoms with Crippen LogP contribution in [0.1, 0.15) is 17.5 Å². The molecule has 2 atom stereocenters. The average molecular weight is 202 g/mol. The fourth-order valence-corrected chi connectivity index (χ4v) is 2.36. The molecule has 1 aliphatic heterocycles. The van der Waals surface area contributed by atoms with E-state index in [9.17, 15) is 4.79 Å². The monoisotopic (exact) mass is 202 g/mol. The number of carbonyl (C=O) groups is 1. The zero-order chi connectivity index (χ0) is 10.6. The molecular formula is C12H14N2O. The predicted octanol–water partition coefficient (Wildman–Crippen LogP) is 1.68. The van der Waals surface area contributed by atoms with Crippen LogP contribution in [0.2, 0.25) is 0 Å². The minimum absolute atomic E-state index is 0.279. The van der Waals surface area contributed by atoms with Gasteiger partial charge in [0.1, 0.15) is 5.82 Å². The van der Waals surface area contributed by atoms with E-state index in [-0.39, 0.29) is 5.91 Å². The van der Waals surface area contributed by atoms with Crippen LogP contribution in [-0.2, 0) is 4.79 Å². The molecule has 0 spiro atoms. The molecule has 3 heteroatoms. The molecule has 78 valence electrons. The molecule has 1 amide bonds. The molecule has 2 fully saturated rings. The van der Waals surface area contributed by atoms with Crippen molar-refractivity contribution in [3.63, 3.8) is 0 Å². The topological polar surface area (TPSA) is 33.2 Å². The van der Waals surface area contributed by atoms with E-state index in [4.69, 9.17) is 0 Å². The maximum absolute atomic E-state index is 11.9. The van der Waals surface area contributed by atoms with Crippen molar-refractivity contribution in [2.75, 3.05) is 11.4 Å². The van der Waals surface area contributed by atoms with Crippen molar-refractivity contribution in [2.24, 2.45) is 11.8 Å². The van der Waals surface area contributed by atoms with Crippen LogP contribution in [0.4, 0.5) is 5.82 Å². The van der Waals surface area contributed by atoms with Gasteiger partial charge in [-0.3, -0.25) is 9.69 Å². The molecule has 1 saturated heterocycles. The van der Waals surface area contributed by atoms with Gasteiger partial charge in [0.05, 0.1) is 0 Å². The Kier molecular flexibility index (Phi) is 1.67. The van der Waals surface area contributed by atoms with Gasteiger partial charge in [-0.05, 0) is 43.4 Å².